The average Bonchev–Trinajstić information content (AvgIpc) is 3.67. The van der Waals surface area contributed by atoms with Crippen LogP contribution in [-0.2, 0) is 0 Å². The third kappa shape index (κ3) is 6.66. The summed E-state index contributed by atoms with van der Waals surface area (Å²) in [4.78, 5) is 20.4. The van der Waals surface area contributed by atoms with E-state index in [1.807, 2.05) is 74.5 Å². The number of likely N-dealkylation sites (tertiary alicyclic amines) is 1. The summed E-state index contributed by atoms with van der Waals surface area (Å²) in [6, 6.07) is 19.6. The highest BCUT2D eigenvalue weighted by molar-refractivity contribution is 6.01. The molecule has 3 heterocycles. The van der Waals surface area contributed by atoms with Crippen molar-refractivity contribution in [1.82, 2.24) is 25.4 Å². The minimum Gasteiger partial charge on any atom is -0.490 e. The molecule has 220 valence electrons. The summed E-state index contributed by atoms with van der Waals surface area (Å²) in [5.74, 6) is 1.15. The normalized spacial score (nSPS) is 17.9. The van der Waals surface area contributed by atoms with E-state index in [1.54, 1.807) is 6.20 Å². The fourth-order valence-corrected chi connectivity index (χ4v) is 6.50. The van der Waals surface area contributed by atoms with Gasteiger partial charge in [-0.15, -0.1) is 0 Å². The number of hydrogen-bond acceptors (Lipinski definition) is 6. The van der Waals surface area contributed by atoms with Gasteiger partial charge >= 0.3 is 0 Å². The highest BCUT2D eigenvalue weighted by Gasteiger charge is 2.29. The molecule has 2 aliphatic rings. The highest BCUT2D eigenvalue weighted by Crippen LogP contribution is 2.35. The van der Waals surface area contributed by atoms with Crippen LogP contribution in [0.2, 0.25) is 0 Å². The fraction of sp³-hybridized carbons (Fsp3) is 0.441. The Labute approximate surface area is 247 Å². The van der Waals surface area contributed by atoms with Crippen molar-refractivity contribution >= 4 is 16.8 Å². The molecule has 4 aromatic rings. The average molecular weight is 568 g/mol. The lowest BCUT2D eigenvalue weighted by Crippen LogP contribution is -2.45. The molecular weight excluding hydrogens is 526 g/mol. The van der Waals surface area contributed by atoms with Crippen molar-refractivity contribution in [2.45, 2.75) is 70.1 Å². The van der Waals surface area contributed by atoms with Gasteiger partial charge in [0.1, 0.15) is 11.9 Å². The van der Waals surface area contributed by atoms with Gasteiger partial charge in [-0.25, -0.2) is 0 Å². The molecule has 1 atom stereocenters. The van der Waals surface area contributed by atoms with E-state index in [-0.39, 0.29) is 18.1 Å². The summed E-state index contributed by atoms with van der Waals surface area (Å²) in [6.07, 6.45) is 8.44. The zero-order valence-electron chi connectivity index (χ0n) is 24.6. The van der Waals surface area contributed by atoms with Gasteiger partial charge in [-0.3, -0.25) is 14.9 Å². The van der Waals surface area contributed by atoms with Gasteiger partial charge in [0.25, 0.3) is 5.91 Å². The van der Waals surface area contributed by atoms with E-state index in [4.69, 9.17) is 4.74 Å². The van der Waals surface area contributed by atoms with Crippen LogP contribution in [-0.4, -0.2) is 62.4 Å². The monoisotopic (exact) mass is 567 g/mol. The van der Waals surface area contributed by atoms with Crippen molar-refractivity contribution in [2.24, 2.45) is 5.92 Å². The zero-order valence-corrected chi connectivity index (χ0v) is 24.6. The highest BCUT2D eigenvalue weighted by atomic mass is 16.5. The van der Waals surface area contributed by atoms with E-state index in [1.165, 1.54) is 12.8 Å². The van der Waals surface area contributed by atoms with E-state index in [9.17, 15) is 9.90 Å². The predicted octanol–water partition coefficient (Wildman–Crippen LogP) is 5.90. The first kappa shape index (κ1) is 28.4. The second-order valence-corrected chi connectivity index (χ2v) is 12.5. The van der Waals surface area contributed by atoms with E-state index in [2.05, 4.69) is 25.4 Å². The number of ether oxygens (including phenoxy) is 1. The number of carbonyl (C=O) groups excluding carboxylic acids is 1. The third-order valence-electron chi connectivity index (χ3n) is 8.56. The Bertz CT molecular complexity index is 1480. The molecule has 0 spiro atoms. The number of hydrogen-bond donors (Lipinski definition) is 3. The number of nitrogens with one attached hydrogen (secondary N) is 2. The number of piperidine rings is 1. The van der Waals surface area contributed by atoms with Gasteiger partial charge in [-0.1, -0.05) is 18.9 Å². The van der Waals surface area contributed by atoms with Crippen LogP contribution in [0.3, 0.4) is 0 Å². The van der Waals surface area contributed by atoms with E-state index < -0.39 is 5.60 Å². The third-order valence-corrected chi connectivity index (χ3v) is 8.56. The molecule has 1 amide bonds. The molecule has 1 saturated carbocycles. The van der Waals surface area contributed by atoms with Gasteiger partial charge in [0.05, 0.1) is 28.5 Å². The van der Waals surface area contributed by atoms with Gasteiger partial charge in [0, 0.05) is 42.3 Å². The number of rotatable bonds is 9. The molecule has 0 bridgehead atoms. The molecule has 1 saturated heterocycles. The molecule has 3 N–H and O–H groups in total. The van der Waals surface area contributed by atoms with Gasteiger partial charge in [-0.05, 0) is 100 Å². The lowest BCUT2D eigenvalue weighted by Gasteiger charge is -2.35. The largest absolute Gasteiger partial charge is 0.490 e. The van der Waals surface area contributed by atoms with Gasteiger partial charge in [0.2, 0.25) is 0 Å². The van der Waals surface area contributed by atoms with Gasteiger partial charge in [-0.2, -0.15) is 5.10 Å². The number of fused-ring (bicyclic) bond motifs is 1. The number of β-amino-alcohol motifs (C(OH)–C–C–N with tert-alkyl or cyclic N) is 1. The van der Waals surface area contributed by atoms with Crippen LogP contribution >= 0.6 is 0 Å². The number of aliphatic hydroxyl groups is 1. The minimum absolute atomic E-state index is 0.0936. The summed E-state index contributed by atoms with van der Waals surface area (Å²) >= 11 is 0. The summed E-state index contributed by atoms with van der Waals surface area (Å²) in [5, 5.41) is 22.0. The fourth-order valence-electron chi connectivity index (χ4n) is 6.50. The van der Waals surface area contributed by atoms with Crippen molar-refractivity contribution in [3.05, 3.63) is 78.1 Å². The Morgan fingerprint density at radius 1 is 1.07 bits per heavy atom. The maximum absolute atomic E-state index is 13.5. The molecular formula is C34H41N5O3. The summed E-state index contributed by atoms with van der Waals surface area (Å²) in [6.45, 7) is 6.23. The standard InChI is InChI=1S/C34H41N5O3/c1-34(2,41)22-39-19-16-27(17-20-39)42-26-13-10-24(11-14-26)31-28-21-25(12-15-29(28)37-38-31)33(40)36-32(23-7-3-4-8-23)30-9-5-6-18-35-30/h5-6,9-15,18,21,23,27,32,41H,3-4,7-8,16-17,19-20,22H2,1-2H3,(H,36,40)(H,37,38)/t32-/m0/s1. The van der Waals surface area contributed by atoms with Gasteiger partial charge < -0.3 is 20.1 Å². The number of H-pyrrole nitrogens is 1. The maximum atomic E-state index is 13.5. The maximum Gasteiger partial charge on any atom is 0.251 e. The Morgan fingerprint density at radius 3 is 2.52 bits per heavy atom. The molecule has 42 heavy (non-hydrogen) atoms. The Hall–Kier alpha value is -3.75. The number of carbonyl (C=O) groups is 1. The van der Waals surface area contributed by atoms with Crippen LogP contribution in [0, 0.1) is 5.92 Å². The van der Waals surface area contributed by atoms with Crippen LogP contribution < -0.4 is 10.1 Å². The molecule has 0 unspecified atom stereocenters. The van der Waals surface area contributed by atoms with E-state index >= 15 is 0 Å². The molecule has 8 nitrogen and oxygen atoms in total. The second kappa shape index (κ2) is 12.2. The second-order valence-electron chi connectivity index (χ2n) is 12.5. The first-order valence-electron chi connectivity index (χ1n) is 15.2. The summed E-state index contributed by atoms with van der Waals surface area (Å²) in [5.41, 5.74) is 3.51. The van der Waals surface area contributed by atoms with Gasteiger partial charge in [0.15, 0.2) is 0 Å². The van der Waals surface area contributed by atoms with Crippen molar-refractivity contribution < 1.29 is 14.6 Å². The summed E-state index contributed by atoms with van der Waals surface area (Å²) < 4.78 is 6.28. The molecule has 8 heteroatoms. The molecule has 1 aliphatic heterocycles. The SMILES string of the molecule is CC(C)(O)CN1CCC(Oc2ccc(-c3n[nH]c4ccc(C(=O)N[C@H](c5ccccn5)C5CCCC5)cc34)cc2)CC1. The van der Waals surface area contributed by atoms with Crippen molar-refractivity contribution in [3.8, 4) is 17.0 Å². The van der Waals surface area contributed by atoms with Crippen molar-refractivity contribution in [2.75, 3.05) is 19.6 Å². The minimum atomic E-state index is -0.679. The van der Waals surface area contributed by atoms with E-state index in [0.29, 0.717) is 18.0 Å². The Morgan fingerprint density at radius 2 is 1.83 bits per heavy atom. The van der Waals surface area contributed by atoms with Crippen LogP contribution in [0.15, 0.2) is 66.9 Å². The Balaban J connectivity index is 1.14. The lowest BCUT2D eigenvalue weighted by atomic mass is 9.94. The molecule has 2 fully saturated rings. The predicted molar refractivity (Wildman–Crippen MR) is 164 cm³/mol. The number of pyridine rings is 1. The van der Waals surface area contributed by atoms with Crippen LogP contribution in [0.25, 0.3) is 22.2 Å². The lowest BCUT2D eigenvalue weighted by molar-refractivity contribution is 0.0140. The first-order chi connectivity index (χ1) is 20.3. The molecule has 0 radical (unpaired) electrons. The van der Waals surface area contributed by atoms with Crippen LogP contribution in [0.1, 0.15) is 74.5 Å². The number of aromatic nitrogens is 3. The molecule has 2 aromatic heterocycles. The number of amides is 1. The molecule has 6 rings (SSSR count). The van der Waals surface area contributed by atoms with Crippen molar-refractivity contribution in [3.63, 3.8) is 0 Å². The van der Waals surface area contributed by atoms with E-state index in [0.717, 1.165) is 72.4 Å². The van der Waals surface area contributed by atoms with Crippen LogP contribution in [0.4, 0.5) is 0 Å². The molecule has 1 aliphatic carbocycles. The first-order valence-corrected chi connectivity index (χ1v) is 15.2. The number of aromatic amines is 1. The zero-order chi connectivity index (χ0) is 29.1. The quantitative estimate of drug-likeness (QED) is 0.233. The number of nitrogens with zero attached hydrogens (tertiary/aromatic N) is 3. The number of benzene rings is 2. The molecule has 2 aromatic carbocycles. The van der Waals surface area contributed by atoms with Crippen molar-refractivity contribution in [1.29, 1.82) is 0 Å². The smallest absolute Gasteiger partial charge is 0.251 e. The Kier molecular flexibility index (Phi) is 8.27. The topological polar surface area (TPSA) is 103 Å². The summed E-state index contributed by atoms with van der Waals surface area (Å²) in [7, 11) is 0. The van der Waals surface area contributed by atoms with Crippen LogP contribution in [0.5, 0.6) is 5.75 Å².